The number of hydrogen-bond acceptors (Lipinski definition) is 2. The first-order valence-corrected chi connectivity index (χ1v) is 7.62. The summed E-state index contributed by atoms with van der Waals surface area (Å²) in [6.45, 7) is 0. The Labute approximate surface area is 124 Å². The van der Waals surface area contributed by atoms with E-state index in [0.717, 1.165) is 37.0 Å². The minimum Gasteiger partial charge on any atom is -0.293 e. The van der Waals surface area contributed by atoms with Crippen LogP contribution < -0.4 is 0 Å². The van der Waals surface area contributed by atoms with Gasteiger partial charge in [-0.1, -0.05) is 12.1 Å². The average molecular weight is 310 g/mol. The number of halogens is 3. The lowest BCUT2D eigenvalue weighted by atomic mass is 9.82. The Morgan fingerprint density at radius 2 is 1.86 bits per heavy atom. The average Bonchev–Trinajstić information content (AvgIpc) is 2.94. The topological polar surface area (TPSA) is 17.1 Å². The van der Waals surface area contributed by atoms with Gasteiger partial charge in [-0.3, -0.25) is 4.79 Å². The molecule has 1 aliphatic carbocycles. The molecular formula is C16H13F3OS. The predicted octanol–water partition coefficient (Wildman–Crippen LogP) is 5.07. The number of benzene rings is 1. The van der Waals surface area contributed by atoms with E-state index in [2.05, 4.69) is 0 Å². The first-order chi connectivity index (χ1) is 9.97. The number of hydrogen-bond donors (Lipinski definition) is 0. The minimum atomic E-state index is -4.37. The van der Waals surface area contributed by atoms with Crippen LogP contribution in [0, 0.1) is 0 Å². The van der Waals surface area contributed by atoms with Gasteiger partial charge in [0.2, 0.25) is 0 Å². The molecule has 1 nitrogen and oxygen atoms in total. The molecule has 21 heavy (non-hydrogen) atoms. The van der Waals surface area contributed by atoms with Crippen molar-refractivity contribution in [1.29, 1.82) is 0 Å². The van der Waals surface area contributed by atoms with Gasteiger partial charge in [0.05, 0.1) is 5.56 Å². The van der Waals surface area contributed by atoms with Gasteiger partial charge >= 0.3 is 6.18 Å². The second kappa shape index (κ2) is 5.30. The lowest BCUT2D eigenvalue weighted by molar-refractivity contribution is -0.137. The fraction of sp³-hybridized carbons (Fsp3) is 0.312. The van der Waals surface area contributed by atoms with E-state index in [1.807, 2.05) is 11.4 Å². The number of alkyl halides is 3. The molecule has 1 aromatic heterocycles. The van der Waals surface area contributed by atoms with Crippen LogP contribution in [0.5, 0.6) is 0 Å². The van der Waals surface area contributed by atoms with E-state index in [1.54, 1.807) is 11.3 Å². The lowest BCUT2D eigenvalue weighted by Crippen LogP contribution is -2.17. The maximum atomic E-state index is 12.5. The zero-order valence-electron chi connectivity index (χ0n) is 11.1. The molecule has 0 radical (unpaired) electrons. The summed E-state index contributed by atoms with van der Waals surface area (Å²) in [5.41, 5.74) is 0.683. The largest absolute Gasteiger partial charge is 0.416 e. The zero-order valence-corrected chi connectivity index (χ0v) is 11.9. The number of fused-ring (bicyclic) bond motifs is 1. The van der Waals surface area contributed by atoms with E-state index in [0.29, 0.717) is 5.56 Å². The van der Waals surface area contributed by atoms with Crippen LogP contribution >= 0.6 is 11.3 Å². The molecule has 1 heterocycles. The third-order valence-corrected chi connectivity index (χ3v) is 4.86. The van der Waals surface area contributed by atoms with Crippen LogP contribution in [0.3, 0.4) is 0 Å². The van der Waals surface area contributed by atoms with Gasteiger partial charge in [-0.2, -0.15) is 13.2 Å². The molecule has 110 valence electrons. The Bertz CT molecular complexity index is 655. The van der Waals surface area contributed by atoms with E-state index in [-0.39, 0.29) is 11.7 Å². The van der Waals surface area contributed by atoms with Gasteiger partial charge < -0.3 is 0 Å². The second-order valence-corrected chi connectivity index (χ2v) is 6.18. The number of ketones is 1. The Morgan fingerprint density at radius 3 is 2.52 bits per heavy atom. The summed E-state index contributed by atoms with van der Waals surface area (Å²) in [4.78, 5) is 13.8. The summed E-state index contributed by atoms with van der Waals surface area (Å²) in [5.74, 6) is -0.292. The van der Waals surface area contributed by atoms with Crippen molar-refractivity contribution in [1.82, 2.24) is 0 Å². The van der Waals surface area contributed by atoms with Crippen molar-refractivity contribution in [3.8, 4) is 0 Å². The standard InChI is InChI=1S/C16H13F3OS/c17-16(18,19)11-6-4-10(5-7-11)15(20)13-2-1-3-14-12(13)8-9-21-14/h4-9,13H,1-3H2. The summed E-state index contributed by atoms with van der Waals surface area (Å²) in [6, 6.07) is 6.48. The summed E-state index contributed by atoms with van der Waals surface area (Å²) < 4.78 is 37.6. The summed E-state index contributed by atoms with van der Waals surface area (Å²) in [6.07, 6.45) is -1.66. The van der Waals surface area contributed by atoms with Crippen molar-refractivity contribution < 1.29 is 18.0 Å². The molecule has 1 atom stereocenters. The van der Waals surface area contributed by atoms with Crippen molar-refractivity contribution in [3.05, 3.63) is 57.3 Å². The van der Waals surface area contributed by atoms with Gasteiger partial charge in [-0.05, 0) is 48.4 Å². The van der Waals surface area contributed by atoms with Crippen LogP contribution in [-0.4, -0.2) is 5.78 Å². The van der Waals surface area contributed by atoms with E-state index in [1.165, 1.54) is 17.0 Å². The predicted molar refractivity (Wildman–Crippen MR) is 75.8 cm³/mol. The Kier molecular flexibility index (Phi) is 3.61. The second-order valence-electron chi connectivity index (χ2n) is 5.18. The monoisotopic (exact) mass is 310 g/mol. The van der Waals surface area contributed by atoms with Gasteiger partial charge in [0.25, 0.3) is 0 Å². The summed E-state index contributed by atoms with van der Waals surface area (Å²) in [5, 5.41) is 1.98. The van der Waals surface area contributed by atoms with Crippen molar-refractivity contribution in [2.75, 3.05) is 0 Å². The highest BCUT2D eigenvalue weighted by Gasteiger charge is 2.31. The third kappa shape index (κ3) is 2.75. The fourth-order valence-electron chi connectivity index (χ4n) is 2.78. The maximum absolute atomic E-state index is 12.5. The molecule has 1 aromatic carbocycles. The molecule has 2 aromatic rings. The van der Waals surface area contributed by atoms with E-state index >= 15 is 0 Å². The smallest absolute Gasteiger partial charge is 0.293 e. The number of thiophene rings is 1. The molecule has 1 unspecified atom stereocenters. The molecule has 1 aliphatic rings. The molecule has 3 rings (SSSR count). The van der Waals surface area contributed by atoms with E-state index in [4.69, 9.17) is 0 Å². The lowest BCUT2D eigenvalue weighted by Gasteiger charge is -2.21. The molecule has 0 N–H and O–H groups in total. The number of carbonyl (C=O) groups excluding carboxylic acids is 1. The number of aryl methyl sites for hydroxylation is 1. The van der Waals surface area contributed by atoms with Crippen LogP contribution in [0.2, 0.25) is 0 Å². The molecule has 0 bridgehead atoms. The van der Waals surface area contributed by atoms with Crippen molar-refractivity contribution in [2.45, 2.75) is 31.4 Å². The van der Waals surface area contributed by atoms with E-state index < -0.39 is 11.7 Å². The molecular weight excluding hydrogens is 297 g/mol. The first kappa shape index (κ1) is 14.3. The summed E-state index contributed by atoms with van der Waals surface area (Å²) in [7, 11) is 0. The van der Waals surface area contributed by atoms with Crippen LogP contribution in [0.25, 0.3) is 0 Å². The molecule has 0 spiro atoms. The Hall–Kier alpha value is -1.62. The maximum Gasteiger partial charge on any atom is 0.416 e. The van der Waals surface area contributed by atoms with Gasteiger partial charge in [0.1, 0.15) is 0 Å². The van der Waals surface area contributed by atoms with Gasteiger partial charge in [0, 0.05) is 16.4 Å². The first-order valence-electron chi connectivity index (χ1n) is 6.74. The fourth-order valence-corrected chi connectivity index (χ4v) is 3.77. The van der Waals surface area contributed by atoms with Crippen LogP contribution in [0.15, 0.2) is 35.7 Å². The highest BCUT2D eigenvalue weighted by Crippen LogP contribution is 2.37. The molecule has 0 saturated heterocycles. The van der Waals surface area contributed by atoms with Crippen molar-refractivity contribution in [2.24, 2.45) is 0 Å². The number of carbonyl (C=O) groups is 1. The quantitative estimate of drug-likeness (QED) is 0.708. The zero-order chi connectivity index (χ0) is 15.0. The highest BCUT2D eigenvalue weighted by atomic mass is 32.1. The Balaban J connectivity index is 1.87. The van der Waals surface area contributed by atoms with E-state index in [9.17, 15) is 18.0 Å². The van der Waals surface area contributed by atoms with Crippen molar-refractivity contribution >= 4 is 17.1 Å². The third-order valence-electron chi connectivity index (χ3n) is 3.87. The number of Topliss-reactive ketones (excluding diaryl/α,β-unsaturated/α-hetero) is 1. The number of rotatable bonds is 2. The SMILES string of the molecule is O=C(c1ccc(C(F)(F)F)cc1)C1CCCc2sccc21. The normalized spacial score (nSPS) is 18.3. The van der Waals surface area contributed by atoms with Gasteiger partial charge in [-0.25, -0.2) is 0 Å². The molecule has 0 saturated carbocycles. The Morgan fingerprint density at radius 1 is 1.14 bits per heavy atom. The summed E-state index contributed by atoms with van der Waals surface area (Å²) >= 11 is 1.65. The van der Waals surface area contributed by atoms with Crippen LogP contribution in [0.1, 0.15) is 45.1 Å². The van der Waals surface area contributed by atoms with Gasteiger partial charge in [0.15, 0.2) is 5.78 Å². The van der Waals surface area contributed by atoms with Crippen LogP contribution in [-0.2, 0) is 12.6 Å². The van der Waals surface area contributed by atoms with Crippen LogP contribution in [0.4, 0.5) is 13.2 Å². The van der Waals surface area contributed by atoms with Gasteiger partial charge in [-0.15, -0.1) is 11.3 Å². The molecule has 0 amide bonds. The highest BCUT2D eigenvalue weighted by molar-refractivity contribution is 7.10. The molecule has 0 aliphatic heterocycles. The molecule has 0 fully saturated rings. The minimum absolute atomic E-state index is 0.0805. The molecule has 5 heteroatoms. The van der Waals surface area contributed by atoms with Crippen molar-refractivity contribution in [3.63, 3.8) is 0 Å².